The monoisotopic (exact) mass is 232 g/mol. The van der Waals surface area contributed by atoms with Crippen LogP contribution in [0.25, 0.3) is 0 Å². The summed E-state index contributed by atoms with van der Waals surface area (Å²) in [6, 6.07) is 8.25. The summed E-state index contributed by atoms with van der Waals surface area (Å²) >= 11 is 0. The third kappa shape index (κ3) is 3.09. The quantitative estimate of drug-likeness (QED) is 0.745. The minimum absolute atomic E-state index is 0.178. The molecule has 17 heavy (non-hydrogen) atoms. The largest absolute Gasteiger partial charge is 0.493 e. The Hall–Kier alpha value is -1.31. The van der Waals surface area contributed by atoms with Gasteiger partial charge in [-0.1, -0.05) is 32.9 Å². The van der Waals surface area contributed by atoms with E-state index in [9.17, 15) is 4.79 Å². The van der Waals surface area contributed by atoms with Gasteiger partial charge in [-0.25, -0.2) is 0 Å². The molecule has 1 saturated carbocycles. The topological polar surface area (TPSA) is 26.3 Å². The van der Waals surface area contributed by atoms with Gasteiger partial charge in [-0.05, 0) is 29.5 Å². The number of aldehydes is 1. The van der Waals surface area contributed by atoms with E-state index in [-0.39, 0.29) is 11.3 Å². The normalized spacial score (nSPS) is 23.2. The van der Waals surface area contributed by atoms with Crippen molar-refractivity contribution in [3.05, 3.63) is 29.8 Å². The van der Waals surface area contributed by atoms with Crippen LogP contribution >= 0.6 is 0 Å². The first-order valence-electron chi connectivity index (χ1n) is 6.19. The number of carbonyl (C=O) groups is 1. The molecule has 2 unspecified atom stereocenters. The van der Waals surface area contributed by atoms with E-state index < -0.39 is 0 Å². The predicted molar refractivity (Wildman–Crippen MR) is 68.3 cm³/mol. The van der Waals surface area contributed by atoms with Gasteiger partial charge in [0.15, 0.2) is 0 Å². The zero-order valence-electron chi connectivity index (χ0n) is 10.8. The molecular weight excluding hydrogens is 212 g/mol. The average Bonchev–Trinajstić information content (AvgIpc) is 3.04. The Morgan fingerprint density at radius 3 is 2.41 bits per heavy atom. The van der Waals surface area contributed by atoms with Crippen LogP contribution < -0.4 is 4.74 Å². The van der Waals surface area contributed by atoms with Crippen LogP contribution in [0.4, 0.5) is 0 Å². The summed E-state index contributed by atoms with van der Waals surface area (Å²) in [6.45, 7) is 7.25. The van der Waals surface area contributed by atoms with Crippen molar-refractivity contribution in [1.82, 2.24) is 0 Å². The first-order valence-corrected chi connectivity index (χ1v) is 6.19. The fourth-order valence-electron chi connectivity index (χ4n) is 1.88. The molecule has 1 aromatic rings. The maximum atomic E-state index is 10.5. The van der Waals surface area contributed by atoms with Crippen LogP contribution in [0, 0.1) is 11.8 Å². The molecule has 0 heterocycles. The lowest BCUT2D eigenvalue weighted by Crippen LogP contribution is -2.10. The van der Waals surface area contributed by atoms with E-state index in [2.05, 4.69) is 32.9 Å². The highest BCUT2D eigenvalue weighted by Crippen LogP contribution is 2.36. The van der Waals surface area contributed by atoms with E-state index in [1.165, 1.54) is 5.56 Å². The number of rotatable bonds is 4. The summed E-state index contributed by atoms with van der Waals surface area (Å²) in [6.07, 6.45) is 2.03. The molecule has 0 amide bonds. The molecule has 0 spiro atoms. The molecule has 2 rings (SSSR count). The van der Waals surface area contributed by atoms with Gasteiger partial charge >= 0.3 is 0 Å². The molecular formula is C15H20O2. The minimum Gasteiger partial charge on any atom is -0.493 e. The molecule has 0 radical (unpaired) electrons. The Balaban J connectivity index is 1.88. The summed E-state index contributed by atoms with van der Waals surface area (Å²) in [5.41, 5.74) is 1.49. The van der Waals surface area contributed by atoms with Gasteiger partial charge in [0.05, 0.1) is 6.61 Å². The second-order valence-electron chi connectivity index (χ2n) is 5.88. The predicted octanol–water partition coefficient (Wildman–Crippen LogP) is 3.20. The van der Waals surface area contributed by atoms with Gasteiger partial charge in [-0.15, -0.1) is 0 Å². The maximum absolute atomic E-state index is 10.5. The Kier molecular flexibility index (Phi) is 3.23. The maximum Gasteiger partial charge on any atom is 0.123 e. The number of hydrogen-bond donors (Lipinski definition) is 0. The minimum atomic E-state index is 0.178. The zero-order chi connectivity index (χ0) is 12.5. The van der Waals surface area contributed by atoms with E-state index >= 15 is 0 Å². The van der Waals surface area contributed by atoms with Gasteiger partial charge in [0.1, 0.15) is 12.0 Å². The second-order valence-corrected chi connectivity index (χ2v) is 5.88. The lowest BCUT2D eigenvalue weighted by atomic mass is 9.87. The van der Waals surface area contributed by atoms with Crippen LogP contribution in [0.5, 0.6) is 5.75 Å². The van der Waals surface area contributed by atoms with Gasteiger partial charge in [0, 0.05) is 11.8 Å². The molecule has 1 aliphatic carbocycles. The molecule has 0 bridgehead atoms. The van der Waals surface area contributed by atoms with Crippen LogP contribution in [0.1, 0.15) is 32.8 Å². The first kappa shape index (κ1) is 12.2. The van der Waals surface area contributed by atoms with Gasteiger partial charge in [-0.2, -0.15) is 0 Å². The van der Waals surface area contributed by atoms with Gasteiger partial charge in [0.25, 0.3) is 0 Å². The summed E-state index contributed by atoms with van der Waals surface area (Å²) in [5, 5.41) is 0. The number of hydrogen-bond acceptors (Lipinski definition) is 2. The van der Waals surface area contributed by atoms with Crippen molar-refractivity contribution in [1.29, 1.82) is 0 Å². The molecule has 0 aliphatic heterocycles. The molecule has 1 aliphatic rings. The Labute approximate surface area is 103 Å². The molecule has 92 valence electrons. The highest BCUT2D eigenvalue weighted by molar-refractivity contribution is 5.58. The van der Waals surface area contributed by atoms with Crippen LogP contribution in [0.15, 0.2) is 24.3 Å². The fraction of sp³-hybridized carbons (Fsp3) is 0.533. The smallest absolute Gasteiger partial charge is 0.123 e. The average molecular weight is 232 g/mol. The second kappa shape index (κ2) is 4.52. The van der Waals surface area contributed by atoms with Crippen LogP contribution in [-0.4, -0.2) is 12.9 Å². The third-order valence-electron chi connectivity index (χ3n) is 3.34. The fourth-order valence-corrected chi connectivity index (χ4v) is 1.88. The Bertz CT molecular complexity index is 386. The van der Waals surface area contributed by atoms with E-state index in [0.29, 0.717) is 12.5 Å². The van der Waals surface area contributed by atoms with Crippen LogP contribution in [-0.2, 0) is 10.2 Å². The lowest BCUT2D eigenvalue weighted by molar-refractivity contribution is -0.109. The highest BCUT2D eigenvalue weighted by atomic mass is 16.5. The van der Waals surface area contributed by atoms with E-state index in [1.807, 2.05) is 12.1 Å². The summed E-state index contributed by atoms with van der Waals surface area (Å²) in [4.78, 5) is 10.5. The summed E-state index contributed by atoms with van der Waals surface area (Å²) in [5.74, 6) is 1.58. The number of benzene rings is 1. The first-order chi connectivity index (χ1) is 8.00. The van der Waals surface area contributed by atoms with Crippen molar-refractivity contribution in [2.45, 2.75) is 32.6 Å². The molecule has 0 saturated heterocycles. The molecule has 0 N–H and O–H groups in total. The van der Waals surface area contributed by atoms with Crippen molar-refractivity contribution in [3.8, 4) is 5.75 Å². The molecule has 1 aromatic carbocycles. The van der Waals surface area contributed by atoms with Crippen molar-refractivity contribution in [2.24, 2.45) is 11.8 Å². The Morgan fingerprint density at radius 2 is 1.94 bits per heavy atom. The van der Waals surface area contributed by atoms with Crippen LogP contribution in [0.2, 0.25) is 0 Å². The lowest BCUT2D eigenvalue weighted by Gasteiger charge is -2.19. The Morgan fingerprint density at radius 1 is 1.29 bits per heavy atom. The van der Waals surface area contributed by atoms with Gasteiger partial charge in [0.2, 0.25) is 0 Å². The molecule has 2 heteroatoms. The standard InChI is InChI=1S/C15H20O2/c1-15(2,3)13-4-6-14(7-5-13)17-10-12-8-11(12)9-16/h4-7,9,11-12H,8,10H2,1-3H3. The zero-order valence-corrected chi connectivity index (χ0v) is 10.8. The van der Waals surface area contributed by atoms with E-state index in [4.69, 9.17) is 4.74 Å². The summed E-state index contributed by atoms with van der Waals surface area (Å²) < 4.78 is 5.67. The van der Waals surface area contributed by atoms with E-state index in [0.717, 1.165) is 18.5 Å². The van der Waals surface area contributed by atoms with Gasteiger partial charge in [-0.3, -0.25) is 0 Å². The molecule has 2 nitrogen and oxygen atoms in total. The summed E-state index contributed by atoms with van der Waals surface area (Å²) in [7, 11) is 0. The van der Waals surface area contributed by atoms with E-state index in [1.54, 1.807) is 0 Å². The molecule has 0 aromatic heterocycles. The van der Waals surface area contributed by atoms with Gasteiger partial charge < -0.3 is 9.53 Å². The number of ether oxygens (including phenoxy) is 1. The molecule has 1 fully saturated rings. The van der Waals surface area contributed by atoms with Crippen molar-refractivity contribution < 1.29 is 9.53 Å². The van der Waals surface area contributed by atoms with Crippen molar-refractivity contribution >= 4 is 6.29 Å². The molecule has 2 atom stereocenters. The van der Waals surface area contributed by atoms with Crippen molar-refractivity contribution in [3.63, 3.8) is 0 Å². The van der Waals surface area contributed by atoms with Crippen molar-refractivity contribution in [2.75, 3.05) is 6.61 Å². The SMILES string of the molecule is CC(C)(C)c1ccc(OCC2CC2C=O)cc1. The van der Waals surface area contributed by atoms with Crippen LogP contribution in [0.3, 0.4) is 0 Å². The number of carbonyl (C=O) groups excluding carboxylic acids is 1. The highest BCUT2D eigenvalue weighted by Gasteiger charge is 2.37. The third-order valence-corrected chi connectivity index (χ3v) is 3.34.